The number of aliphatic hydroxyl groups excluding tert-OH is 1. The van der Waals surface area contributed by atoms with E-state index >= 15 is 0 Å². The van der Waals surface area contributed by atoms with Gasteiger partial charge in [0.15, 0.2) is 5.65 Å². The Morgan fingerprint density at radius 2 is 2.08 bits per heavy atom. The van der Waals surface area contributed by atoms with Crippen LogP contribution >= 0.6 is 0 Å². The number of H-pyrrole nitrogens is 1. The summed E-state index contributed by atoms with van der Waals surface area (Å²) in [6.45, 7) is 2.83. The Balaban J connectivity index is 2.11. The zero-order valence-corrected chi connectivity index (χ0v) is 13.3. The number of aryl methyl sites for hydroxylation is 1. The van der Waals surface area contributed by atoms with Crippen molar-refractivity contribution in [2.45, 2.75) is 32.7 Å². The number of hydrogen-bond acceptors (Lipinski definition) is 5. The molecule has 3 heterocycles. The molecule has 0 aliphatic rings. The summed E-state index contributed by atoms with van der Waals surface area (Å²) < 4.78 is 39.3. The second kappa shape index (κ2) is 5.96. The average Bonchev–Trinajstić information content (AvgIpc) is 2.92. The summed E-state index contributed by atoms with van der Waals surface area (Å²) in [7, 11) is 0. The lowest BCUT2D eigenvalue weighted by Gasteiger charge is -2.14. The van der Waals surface area contributed by atoms with Gasteiger partial charge in [-0.1, -0.05) is 6.07 Å². The van der Waals surface area contributed by atoms with E-state index in [4.69, 9.17) is 0 Å². The van der Waals surface area contributed by atoms with Crippen molar-refractivity contribution >= 4 is 11.0 Å². The van der Waals surface area contributed by atoms with Crippen molar-refractivity contribution < 1.29 is 18.3 Å². The van der Waals surface area contributed by atoms with Gasteiger partial charge in [0.05, 0.1) is 12.6 Å². The molecule has 0 fully saturated rings. The van der Waals surface area contributed by atoms with Crippen molar-refractivity contribution in [2.24, 2.45) is 0 Å². The van der Waals surface area contributed by atoms with Crippen LogP contribution in [0.4, 0.5) is 13.2 Å². The van der Waals surface area contributed by atoms with E-state index in [-0.39, 0.29) is 16.7 Å². The number of fused-ring (bicyclic) bond motifs is 1. The molecule has 2 N–H and O–H groups in total. The van der Waals surface area contributed by atoms with Crippen LogP contribution in [0.2, 0.25) is 0 Å². The number of alkyl halides is 3. The van der Waals surface area contributed by atoms with Gasteiger partial charge in [-0.05, 0) is 25.5 Å². The maximum absolute atomic E-state index is 12.6. The highest BCUT2D eigenvalue weighted by molar-refractivity contribution is 5.77. The number of aromatic amines is 1. The number of pyridine rings is 1. The molecule has 3 rings (SSSR count). The smallest absolute Gasteiger partial charge is 0.390 e. The third-order valence-electron chi connectivity index (χ3n) is 3.83. The molecule has 0 bridgehead atoms. The van der Waals surface area contributed by atoms with Crippen molar-refractivity contribution in [2.75, 3.05) is 0 Å². The van der Waals surface area contributed by atoms with Gasteiger partial charge >= 0.3 is 6.18 Å². The SMILES string of the molecule is Cc1nc2c(c(CO)nn2C(C)c2ccc(C(F)(F)F)nc2)c(=O)[nH]1. The Kier molecular flexibility index (Phi) is 4.07. The monoisotopic (exact) mass is 353 g/mol. The minimum atomic E-state index is -4.52. The minimum absolute atomic E-state index is 0.149. The van der Waals surface area contributed by atoms with Gasteiger partial charge in [-0.15, -0.1) is 0 Å². The van der Waals surface area contributed by atoms with Crippen LogP contribution in [0.5, 0.6) is 0 Å². The highest BCUT2D eigenvalue weighted by atomic mass is 19.4. The molecule has 0 aromatic carbocycles. The highest BCUT2D eigenvalue weighted by Crippen LogP contribution is 2.29. The first-order valence-electron chi connectivity index (χ1n) is 7.34. The maximum atomic E-state index is 12.6. The molecule has 0 spiro atoms. The topological polar surface area (TPSA) is 96.7 Å². The Morgan fingerprint density at radius 1 is 1.36 bits per heavy atom. The van der Waals surface area contributed by atoms with Gasteiger partial charge < -0.3 is 10.1 Å². The van der Waals surface area contributed by atoms with Gasteiger partial charge in [0.1, 0.15) is 22.6 Å². The van der Waals surface area contributed by atoms with E-state index in [1.54, 1.807) is 13.8 Å². The van der Waals surface area contributed by atoms with Gasteiger partial charge in [0, 0.05) is 6.20 Å². The van der Waals surface area contributed by atoms with E-state index in [1.807, 2.05) is 0 Å². The quantitative estimate of drug-likeness (QED) is 0.750. The van der Waals surface area contributed by atoms with Crippen molar-refractivity contribution in [1.29, 1.82) is 0 Å². The van der Waals surface area contributed by atoms with Crippen LogP contribution in [0.1, 0.15) is 35.7 Å². The van der Waals surface area contributed by atoms with Gasteiger partial charge in [-0.2, -0.15) is 18.3 Å². The highest BCUT2D eigenvalue weighted by Gasteiger charge is 2.32. The van der Waals surface area contributed by atoms with Gasteiger partial charge in [-0.25, -0.2) is 9.67 Å². The predicted molar refractivity (Wildman–Crippen MR) is 81.9 cm³/mol. The predicted octanol–water partition coefficient (Wildman–Crippen LogP) is 1.94. The second-order valence-electron chi connectivity index (χ2n) is 5.55. The summed E-state index contributed by atoms with van der Waals surface area (Å²) in [4.78, 5) is 22.3. The Labute approximate surface area is 139 Å². The number of rotatable bonds is 3. The summed E-state index contributed by atoms with van der Waals surface area (Å²) in [6.07, 6.45) is -3.41. The molecular formula is C15H14F3N5O2. The fourth-order valence-electron chi connectivity index (χ4n) is 2.57. The number of hydrogen-bond donors (Lipinski definition) is 2. The van der Waals surface area contributed by atoms with Crippen LogP contribution in [-0.4, -0.2) is 29.8 Å². The van der Waals surface area contributed by atoms with Crippen LogP contribution < -0.4 is 5.56 Å². The molecule has 7 nitrogen and oxygen atoms in total. The molecule has 3 aromatic rings. The van der Waals surface area contributed by atoms with Crippen molar-refractivity contribution in [3.63, 3.8) is 0 Å². The lowest BCUT2D eigenvalue weighted by Crippen LogP contribution is -2.14. The molecular weight excluding hydrogens is 339 g/mol. The molecule has 132 valence electrons. The lowest BCUT2D eigenvalue weighted by atomic mass is 10.1. The summed E-state index contributed by atoms with van der Waals surface area (Å²) in [5, 5.41) is 13.8. The molecule has 0 radical (unpaired) electrons. The first-order chi connectivity index (χ1) is 11.7. The van der Waals surface area contributed by atoms with Gasteiger partial charge in [0.25, 0.3) is 5.56 Å². The third-order valence-corrected chi connectivity index (χ3v) is 3.83. The Bertz CT molecular complexity index is 976. The van der Waals surface area contributed by atoms with E-state index in [2.05, 4.69) is 20.1 Å². The molecule has 0 saturated carbocycles. The molecule has 1 atom stereocenters. The van der Waals surface area contributed by atoms with Crippen molar-refractivity contribution in [3.05, 3.63) is 51.5 Å². The number of nitrogens with one attached hydrogen (secondary N) is 1. The molecule has 0 aliphatic carbocycles. The second-order valence-corrected chi connectivity index (χ2v) is 5.55. The van der Waals surface area contributed by atoms with Gasteiger partial charge in [-0.3, -0.25) is 9.78 Å². The van der Waals surface area contributed by atoms with Crippen molar-refractivity contribution in [3.8, 4) is 0 Å². The summed E-state index contributed by atoms with van der Waals surface area (Å²) >= 11 is 0. The van der Waals surface area contributed by atoms with Crippen molar-refractivity contribution in [1.82, 2.24) is 24.7 Å². The standard InChI is InChI=1S/C15H14F3N5O2/c1-7(9-3-4-11(19-5-9)15(16,17)18)23-13-12(10(6-24)22-23)14(25)21-8(2)20-13/h3-5,7,24H,6H2,1-2H3,(H,20,21,25). The molecule has 0 saturated heterocycles. The van der Waals surface area contributed by atoms with E-state index in [9.17, 15) is 23.1 Å². The van der Waals surface area contributed by atoms with Crippen LogP contribution in [-0.2, 0) is 12.8 Å². The maximum Gasteiger partial charge on any atom is 0.433 e. The van der Waals surface area contributed by atoms with E-state index < -0.39 is 30.1 Å². The molecule has 0 amide bonds. The zero-order valence-electron chi connectivity index (χ0n) is 13.3. The van der Waals surface area contributed by atoms with Crippen LogP contribution in [0.3, 0.4) is 0 Å². The molecule has 10 heteroatoms. The minimum Gasteiger partial charge on any atom is -0.390 e. The van der Waals surface area contributed by atoms with E-state index in [1.165, 1.54) is 10.7 Å². The zero-order chi connectivity index (χ0) is 18.4. The van der Waals surface area contributed by atoms with Gasteiger partial charge in [0.2, 0.25) is 0 Å². The largest absolute Gasteiger partial charge is 0.433 e. The van der Waals surface area contributed by atoms with E-state index in [0.717, 1.165) is 12.3 Å². The molecule has 25 heavy (non-hydrogen) atoms. The fraction of sp³-hybridized carbons (Fsp3) is 0.333. The average molecular weight is 353 g/mol. The normalized spacial score (nSPS) is 13.4. The van der Waals surface area contributed by atoms with Crippen LogP contribution in [0.15, 0.2) is 23.1 Å². The molecule has 3 aromatic heterocycles. The number of aliphatic hydroxyl groups is 1. The molecule has 1 unspecified atom stereocenters. The Hall–Kier alpha value is -2.75. The molecule has 0 aliphatic heterocycles. The lowest BCUT2D eigenvalue weighted by molar-refractivity contribution is -0.141. The fourth-order valence-corrected chi connectivity index (χ4v) is 2.57. The van der Waals surface area contributed by atoms with E-state index in [0.29, 0.717) is 11.4 Å². The van der Waals surface area contributed by atoms with Crippen LogP contribution in [0.25, 0.3) is 11.0 Å². The number of aromatic nitrogens is 5. The third kappa shape index (κ3) is 3.00. The summed E-state index contributed by atoms with van der Waals surface area (Å²) in [6, 6.07) is 1.65. The first-order valence-corrected chi connectivity index (χ1v) is 7.34. The Morgan fingerprint density at radius 3 is 2.64 bits per heavy atom. The van der Waals surface area contributed by atoms with Crippen LogP contribution in [0, 0.1) is 6.92 Å². The number of nitrogens with zero attached hydrogens (tertiary/aromatic N) is 4. The summed E-state index contributed by atoms with van der Waals surface area (Å²) in [5.41, 5.74) is -0.569. The number of halogens is 3. The summed E-state index contributed by atoms with van der Waals surface area (Å²) in [5.74, 6) is 0.362. The first kappa shape index (κ1) is 17.1.